The molecular weight excluding hydrogens is 382 g/mol. The number of hydrogen-bond donors (Lipinski definition) is 0. The molecule has 5 rings (SSSR count). The van der Waals surface area contributed by atoms with E-state index >= 15 is 0 Å². The van der Waals surface area contributed by atoms with Gasteiger partial charge in [0.05, 0.1) is 18.6 Å². The van der Waals surface area contributed by atoms with Gasteiger partial charge in [0.1, 0.15) is 11.9 Å². The van der Waals surface area contributed by atoms with Gasteiger partial charge >= 0.3 is 0 Å². The van der Waals surface area contributed by atoms with E-state index in [2.05, 4.69) is 53.2 Å². The molecule has 0 amide bonds. The number of anilines is 1. The van der Waals surface area contributed by atoms with Crippen LogP contribution in [0.25, 0.3) is 10.9 Å². The lowest BCUT2D eigenvalue weighted by molar-refractivity contribution is 0.156. The van der Waals surface area contributed by atoms with Crippen molar-refractivity contribution in [1.82, 2.24) is 9.97 Å². The number of aromatic nitrogens is 2. The van der Waals surface area contributed by atoms with Crippen LogP contribution in [0.15, 0.2) is 48.7 Å². The minimum Gasteiger partial charge on any atom is -0.470 e. The van der Waals surface area contributed by atoms with Crippen LogP contribution in [0.2, 0.25) is 0 Å². The van der Waals surface area contributed by atoms with Crippen molar-refractivity contribution in [3.8, 4) is 5.88 Å². The summed E-state index contributed by atoms with van der Waals surface area (Å²) in [5, 5.41) is 1.18. The maximum atomic E-state index is 6.35. The first-order valence-electron chi connectivity index (χ1n) is 10.5. The summed E-state index contributed by atoms with van der Waals surface area (Å²) in [6.07, 6.45) is 8.65. The lowest BCUT2D eigenvalue weighted by Crippen LogP contribution is -2.54. The minimum atomic E-state index is 0. The van der Waals surface area contributed by atoms with Gasteiger partial charge in [0, 0.05) is 17.1 Å². The van der Waals surface area contributed by atoms with Crippen molar-refractivity contribution in [2.45, 2.75) is 51.0 Å². The highest BCUT2D eigenvalue weighted by Gasteiger charge is 2.31. The van der Waals surface area contributed by atoms with Gasteiger partial charge < -0.3 is 9.64 Å². The third-order valence-corrected chi connectivity index (χ3v) is 6.09. The SMILES string of the molecule is Cc1cnc(OC2CN(c3ccc4ccccc4n3)C2)c(C2CCCCC2)c1.Cl. The predicted molar refractivity (Wildman–Crippen MR) is 120 cm³/mol. The van der Waals surface area contributed by atoms with Gasteiger partial charge in [-0.15, -0.1) is 12.4 Å². The Hall–Kier alpha value is -2.33. The average Bonchev–Trinajstić information content (AvgIpc) is 2.71. The number of para-hydroxylation sites is 1. The molecule has 0 atom stereocenters. The summed E-state index contributed by atoms with van der Waals surface area (Å²) in [6, 6.07) is 14.8. The summed E-state index contributed by atoms with van der Waals surface area (Å²) in [5.74, 6) is 2.49. The number of benzene rings is 1. The minimum absolute atomic E-state index is 0. The maximum Gasteiger partial charge on any atom is 0.217 e. The van der Waals surface area contributed by atoms with Gasteiger partial charge in [-0.1, -0.05) is 37.5 Å². The Labute approximate surface area is 178 Å². The largest absolute Gasteiger partial charge is 0.470 e. The van der Waals surface area contributed by atoms with E-state index in [-0.39, 0.29) is 18.5 Å². The van der Waals surface area contributed by atoms with Gasteiger partial charge in [0.2, 0.25) is 5.88 Å². The summed E-state index contributed by atoms with van der Waals surface area (Å²) in [6.45, 7) is 3.86. The van der Waals surface area contributed by atoms with E-state index in [9.17, 15) is 0 Å². The molecule has 2 fully saturated rings. The number of aryl methyl sites for hydroxylation is 1. The molecule has 0 N–H and O–H groups in total. The Morgan fingerprint density at radius 1 is 1.00 bits per heavy atom. The first-order chi connectivity index (χ1) is 13.8. The molecule has 4 nitrogen and oxygen atoms in total. The van der Waals surface area contributed by atoms with Crippen LogP contribution in [0.1, 0.15) is 49.1 Å². The highest BCUT2D eigenvalue weighted by Crippen LogP contribution is 2.37. The fourth-order valence-electron chi connectivity index (χ4n) is 4.47. The summed E-state index contributed by atoms with van der Waals surface area (Å²) in [7, 11) is 0. The summed E-state index contributed by atoms with van der Waals surface area (Å²) < 4.78 is 6.35. The molecule has 5 heteroatoms. The number of nitrogens with zero attached hydrogens (tertiary/aromatic N) is 3. The van der Waals surface area contributed by atoms with Crippen LogP contribution >= 0.6 is 12.4 Å². The van der Waals surface area contributed by atoms with Crippen molar-refractivity contribution in [2.75, 3.05) is 18.0 Å². The molecule has 1 saturated heterocycles. The number of rotatable bonds is 4. The van der Waals surface area contributed by atoms with E-state index in [4.69, 9.17) is 9.72 Å². The zero-order valence-electron chi connectivity index (χ0n) is 16.9. The van der Waals surface area contributed by atoms with Crippen molar-refractivity contribution < 1.29 is 4.74 Å². The van der Waals surface area contributed by atoms with Crippen LogP contribution in [0.5, 0.6) is 5.88 Å². The molecule has 0 spiro atoms. The molecule has 0 bridgehead atoms. The van der Waals surface area contributed by atoms with Crippen molar-refractivity contribution in [3.63, 3.8) is 0 Å². The maximum absolute atomic E-state index is 6.35. The summed E-state index contributed by atoms with van der Waals surface area (Å²) in [5.41, 5.74) is 3.59. The van der Waals surface area contributed by atoms with Gasteiger partial charge in [0.15, 0.2) is 0 Å². The van der Waals surface area contributed by atoms with Crippen molar-refractivity contribution in [1.29, 1.82) is 0 Å². The summed E-state index contributed by atoms with van der Waals surface area (Å²) >= 11 is 0. The fraction of sp³-hybridized carbons (Fsp3) is 0.417. The zero-order valence-corrected chi connectivity index (χ0v) is 17.7. The third kappa shape index (κ3) is 4.18. The lowest BCUT2D eigenvalue weighted by atomic mass is 9.84. The molecule has 1 saturated carbocycles. The Kier molecular flexibility index (Phi) is 5.91. The number of pyridine rings is 2. The van der Waals surface area contributed by atoms with Crippen LogP contribution < -0.4 is 9.64 Å². The van der Waals surface area contributed by atoms with Crippen molar-refractivity contribution in [3.05, 3.63) is 59.8 Å². The number of ether oxygens (including phenoxy) is 1. The van der Waals surface area contributed by atoms with Gasteiger partial charge in [-0.3, -0.25) is 0 Å². The van der Waals surface area contributed by atoms with E-state index in [1.54, 1.807) is 0 Å². The van der Waals surface area contributed by atoms with Crippen LogP contribution in [-0.4, -0.2) is 29.2 Å². The van der Waals surface area contributed by atoms with Crippen molar-refractivity contribution in [2.24, 2.45) is 0 Å². The van der Waals surface area contributed by atoms with E-state index in [0.717, 1.165) is 30.3 Å². The Balaban J connectivity index is 0.00000205. The topological polar surface area (TPSA) is 38.2 Å². The smallest absolute Gasteiger partial charge is 0.217 e. The summed E-state index contributed by atoms with van der Waals surface area (Å²) in [4.78, 5) is 11.7. The molecule has 1 aliphatic carbocycles. The third-order valence-electron chi connectivity index (χ3n) is 6.09. The average molecular weight is 410 g/mol. The highest BCUT2D eigenvalue weighted by molar-refractivity contribution is 5.85. The van der Waals surface area contributed by atoms with Crippen LogP contribution in [0.4, 0.5) is 5.82 Å². The first-order valence-corrected chi connectivity index (χ1v) is 10.5. The molecule has 3 heterocycles. The van der Waals surface area contributed by atoms with Crippen LogP contribution in [-0.2, 0) is 0 Å². The molecule has 1 aliphatic heterocycles. The molecule has 2 aromatic heterocycles. The van der Waals surface area contributed by atoms with Gasteiger partial charge in [0.25, 0.3) is 0 Å². The molecule has 0 unspecified atom stereocenters. The van der Waals surface area contributed by atoms with E-state index in [0.29, 0.717) is 5.92 Å². The highest BCUT2D eigenvalue weighted by atomic mass is 35.5. The normalized spacial score (nSPS) is 17.6. The first kappa shape index (κ1) is 20.0. The van der Waals surface area contributed by atoms with Gasteiger partial charge in [-0.05, 0) is 55.5 Å². The Morgan fingerprint density at radius 3 is 2.62 bits per heavy atom. The molecule has 0 radical (unpaired) electrons. The number of halogens is 1. The second-order valence-electron chi connectivity index (χ2n) is 8.25. The molecule has 152 valence electrons. The van der Waals surface area contributed by atoms with Gasteiger partial charge in [-0.25, -0.2) is 9.97 Å². The standard InChI is InChI=1S/C24H27N3O.ClH/c1-17-13-21(18-7-3-2-4-8-18)24(25-14-17)28-20-15-27(16-20)23-12-11-19-9-5-6-10-22(19)26-23;/h5-6,9-14,18,20H,2-4,7-8,15-16H2,1H3;1H. The lowest BCUT2D eigenvalue weighted by Gasteiger charge is -2.40. The van der Waals surface area contributed by atoms with Crippen LogP contribution in [0.3, 0.4) is 0 Å². The number of hydrogen-bond acceptors (Lipinski definition) is 4. The van der Waals surface area contributed by atoms with Crippen LogP contribution in [0, 0.1) is 6.92 Å². The second kappa shape index (κ2) is 8.58. The molecule has 2 aliphatic rings. The Bertz CT molecular complexity index is 981. The fourth-order valence-corrected chi connectivity index (χ4v) is 4.47. The molecular formula is C24H28ClN3O. The van der Waals surface area contributed by atoms with Gasteiger partial charge in [-0.2, -0.15) is 0 Å². The van der Waals surface area contributed by atoms with E-state index < -0.39 is 0 Å². The molecule has 29 heavy (non-hydrogen) atoms. The monoisotopic (exact) mass is 409 g/mol. The molecule has 3 aromatic rings. The quantitative estimate of drug-likeness (QED) is 0.556. The molecule has 1 aromatic carbocycles. The number of fused-ring (bicyclic) bond motifs is 1. The predicted octanol–water partition coefficient (Wildman–Crippen LogP) is 5.68. The zero-order chi connectivity index (χ0) is 18.9. The van der Waals surface area contributed by atoms with E-state index in [1.807, 2.05) is 12.3 Å². The van der Waals surface area contributed by atoms with E-state index in [1.165, 1.54) is 48.6 Å². The van der Waals surface area contributed by atoms with Crippen molar-refractivity contribution >= 4 is 29.1 Å². The Morgan fingerprint density at radius 2 is 1.79 bits per heavy atom. The second-order valence-corrected chi connectivity index (χ2v) is 8.25.